The molecular weight excluding hydrogens is 723 g/mol. The summed E-state index contributed by atoms with van der Waals surface area (Å²) >= 11 is 0. The molecule has 4 aromatic heterocycles. The van der Waals surface area contributed by atoms with Gasteiger partial charge in [-0.2, -0.15) is 0 Å². The first-order chi connectivity index (χ1) is 29.2. The second-order valence-electron chi connectivity index (χ2n) is 14.8. The molecule has 0 saturated carbocycles. The van der Waals surface area contributed by atoms with Crippen molar-refractivity contribution in [3.8, 4) is 56.7 Å². The highest BCUT2D eigenvalue weighted by atomic mass is 16.3. The molecule has 0 amide bonds. The number of benzene rings is 8. The fourth-order valence-electron chi connectivity index (χ4n) is 8.75. The summed E-state index contributed by atoms with van der Waals surface area (Å²) in [5, 5.41) is 11.6. The molecule has 0 spiro atoms. The van der Waals surface area contributed by atoms with Crippen LogP contribution in [0.25, 0.3) is 122 Å². The van der Waals surface area contributed by atoms with E-state index in [4.69, 9.17) is 19.4 Å². The lowest BCUT2D eigenvalue weighted by atomic mass is 9.86. The SMILES string of the molecule is c1ccc(-c2nc(-c3ccccn3)nc(-c3ccc(-c4cc5c6ccccc6c(-c6ccc7c(c6)oc6ccccc67)cc5c5ccccc45)c4ccccc34)n2)nc1. The van der Waals surface area contributed by atoms with Crippen molar-refractivity contribution in [1.29, 1.82) is 0 Å². The summed E-state index contributed by atoms with van der Waals surface area (Å²) in [7, 11) is 0. The first kappa shape index (κ1) is 33.1. The van der Waals surface area contributed by atoms with Gasteiger partial charge in [0, 0.05) is 28.7 Å². The van der Waals surface area contributed by atoms with Crippen molar-refractivity contribution in [3.63, 3.8) is 0 Å². The van der Waals surface area contributed by atoms with E-state index in [1.165, 1.54) is 37.9 Å². The number of aromatic nitrogens is 5. The lowest BCUT2D eigenvalue weighted by molar-refractivity contribution is 0.669. The van der Waals surface area contributed by atoms with Gasteiger partial charge in [-0.3, -0.25) is 9.97 Å². The third-order valence-electron chi connectivity index (χ3n) is 11.5. The van der Waals surface area contributed by atoms with Gasteiger partial charge in [0.25, 0.3) is 0 Å². The van der Waals surface area contributed by atoms with Crippen LogP contribution in [-0.4, -0.2) is 24.9 Å². The first-order valence-electron chi connectivity index (χ1n) is 19.7. The van der Waals surface area contributed by atoms with Gasteiger partial charge in [-0.15, -0.1) is 0 Å². The minimum atomic E-state index is 0.494. The van der Waals surface area contributed by atoms with E-state index in [2.05, 4.69) is 137 Å². The van der Waals surface area contributed by atoms with Gasteiger partial charge in [0.05, 0.1) is 0 Å². The Bertz CT molecular complexity index is 3560. The van der Waals surface area contributed by atoms with E-state index in [0.29, 0.717) is 28.9 Å². The normalized spacial score (nSPS) is 11.7. The summed E-state index contributed by atoms with van der Waals surface area (Å²) in [6, 6.07) is 61.5. The minimum absolute atomic E-state index is 0.494. The lowest BCUT2D eigenvalue weighted by Crippen LogP contribution is -2.02. The molecule has 0 saturated heterocycles. The number of pyridine rings is 2. The molecule has 6 heteroatoms. The van der Waals surface area contributed by atoms with Crippen LogP contribution in [0.3, 0.4) is 0 Å². The first-order valence-corrected chi connectivity index (χ1v) is 19.7. The van der Waals surface area contributed by atoms with Gasteiger partial charge in [-0.1, -0.05) is 115 Å². The predicted octanol–water partition coefficient (Wildman–Crippen LogP) is 13.5. The number of para-hydroxylation sites is 1. The molecule has 12 aromatic rings. The molecule has 4 heterocycles. The number of rotatable bonds is 5. The van der Waals surface area contributed by atoms with Crippen molar-refractivity contribution in [2.75, 3.05) is 0 Å². The predicted molar refractivity (Wildman–Crippen MR) is 240 cm³/mol. The Morgan fingerprint density at radius 2 is 0.763 bits per heavy atom. The van der Waals surface area contributed by atoms with Crippen LogP contribution in [0.4, 0.5) is 0 Å². The number of nitrogens with zero attached hydrogens (tertiary/aromatic N) is 5. The van der Waals surface area contributed by atoms with Crippen molar-refractivity contribution in [1.82, 2.24) is 24.9 Å². The fraction of sp³-hybridized carbons (Fsp3) is 0. The van der Waals surface area contributed by atoms with E-state index in [9.17, 15) is 0 Å². The topological polar surface area (TPSA) is 77.6 Å². The van der Waals surface area contributed by atoms with Crippen LogP contribution in [0.1, 0.15) is 0 Å². The molecule has 6 nitrogen and oxygen atoms in total. The quantitative estimate of drug-likeness (QED) is 0.163. The summed E-state index contributed by atoms with van der Waals surface area (Å²) in [5.74, 6) is 1.55. The van der Waals surface area contributed by atoms with Crippen LogP contribution < -0.4 is 0 Å². The number of hydrogen-bond acceptors (Lipinski definition) is 6. The van der Waals surface area contributed by atoms with E-state index in [1.54, 1.807) is 12.4 Å². The van der Waals surface area contributed by atoms with Gasteiger partial charge >= 0.3 is 0 Å². The van der Waals surface area contributed by atoms with Crippen LogP contribution >= 0.6 is 0 Å². The summed E-state index contributed by atoms with van der Waals surface area (Å²) in [6.07, 6.45) is 3.50. The van der Waals surface area contributed by atoms with Crippen molar-refractivity contribution in [3.05, 3.63) is 188 Å². The van der Waals surface area contributed by atoms with Crippen molar-refractivity contribution in [2.24, 2.45) is 0 Å². The van der Waals surface area contributed by atoms with Crippen LogP contribution in [0.2, 0.25) is 0 Å². The second kappa shape index (κ2) is 13.3. The van der Waals surface area contributed by atoms with E-state index in [-0.39, 0.29) is 0 Å². The maximum Gasteiger partial charge on any atom is 0.182 e. The van der Waals surface area contributed by atoms with Crippen molar-refractivity contribution in [2.45, 2.75) is 0 Å². The molecular formula is C53H31N5O. The maximum atomic E-state index is 6.36. The summed E-state index contributed by atoms with van der Waals surface area (Å²) < 4.78 is 6.36. The lowest BCUT2D eigenvalue weighted by Gasteiger charge is -2.18. The minimum Gasteiger partial charge on any atom is -0.456 e. The summed E-state index contributed by atoms with van der Waals surface area (Å²) in [4.78, 5) is 24.0. The Morgan fingerprint density at radius 1 is 0.288 bits per heavy atom. The number of hydrogen-bond donors (Lipinski definition) is 0. The third kappa shape index (κ3) is 5.38. The Balaban J connectivity index is 1.07. The van der Waals surface area contributed by atoms with Crippen LogP contribution in [0.5, 0.6) is 0 Å². The average molecular weight is 754 g/mol. The number of fused-ring (bicyclic) bond motifs is 9. The largest absolute Gasteiger partial charge is 0.456 e. The Hall–Kier alpha value is -8.09. The molecule has 0 unspecified atom stereocenters. The molecule has 0 fully saturated rings. The van der Waals surface area contributed by atoms with E-state index in [1.807, 2.05) is 48.5 Å². The second-order valence-corrected chi connectivity index (χ2v) is 14.8. The summed E-state index contributed by atoms with van der Waals surface area (Å²) in [6.45, 7) is 0. The molecule has 8 aromatic carbocycles. The van der Waals surface area contributed by atoms with Gasteiger partial charge < -0.3 is 4.42 Å². The van der Waals surface area contributed by atoms with Crippen molar-refractivity contribution < 1.29 is 4.42 Å². The molecule has 0 N–H and O–H groups in total. The molecule has 0 aliphatic carbocycles. The molecule has 0 radical (unpaired) electrons. The smallest absolute Gasteiger partial charge is 0.182 e. The molecule has 59 heavy (non-hydrogen) atoms. The Kier molecular flexibility index (Phi) is 7.43. The van der Waals surface area contributed by atoms with Gasteiger partial charge in [0.1, 0.15) is 22.6 Å². The fourth-order valence-corrected chi connectivity index (χ4v) is 8.75. The van der Waals surface area contributed by atoms with E-state index >= 15 is 0 Å². The van der Waals surface area contributed by atoms with Gasteiger partial charge in [0.15, 0.2) is 17.5 Å². The standard InChI is InChI=1S/C53H31N5O/c1-2-14-34-33(13-1)39(25-26-42(34)51-56-52(47-20-9-11-27-54-47)58-53(57-51)48-21-10-12-28-55-48)44-31-46-36-16-4-3-15-35(36)43(30-45(46)38-18-6-5-17-37(38)44)32-23-24-41-40-19-7-8-22-49(40)59-50(41)29-32/h1-31H. The van der Waals surface area contributed by atoms with Gasteiger partial charge in [-0.25, -0.2) is 15.0 Å². The highest BCUT2D eigenvalue weighted by Gasteiger charge is 2.20. The van der Waals surface area contributed by atoms with E-state index < -0.39 is 0 Å². The highest BCUT2D eigenvalue weighted by molar-refractivity contribution is 6.25. The van der Waals surface area contributed by atoms with E-state index in [0.717, 1.165) is 55.0 Å². The third-order valence-corrected chi connectivity index (χ3v) is 11.5. The molecule has 274 valence electrons. The Morgan fingerprint density at radius 3 is 1.39 bits per heavy atom. The molecule has 0 atom stereocenters. The number of furan rings is 1. The average Bonchev–Trinajstić information content (AvgIpc) is 3.69. The highest BCUT2D eigenvalue weighted by Crippen LogP contribution is 2.45. The van der Waals surface area contributed by atoms with Crippen LogP contribution in [0.15, 0.2) is 193 Å². The molecule has 0 aliphatic heterocycles. The molecule has 12 rings (SSSR count). The van der Waals surface area contributed by atoms with Crippen LogP contribution in [0, 0.1) is 0 Å². The summed E-state index contributed by atoms with van der Waals surface area (Å²) in [5.41, 5.74) is 8.63. The zero-order valence-electron chi connectivity index (χ0n) is 31.5. The van der Waals surface area contributed by atoms with Crippen molar-refractivity contribution >= 4 is 65.0 Å². The Labute approximate surface area is 338 Å². The zero-order valence-corrected chi connectivity index (χ0v) is 31.5. The van der Waals surface area contributed by atoms with Gasteiger partial charge in [-0.05, 0) is 126 Å². The molecule has 0 bridgehead atoms. The molecule has 0 aliphatic rings. The monoisotopic (exact) mass is 753 g/mol. The maximum absolute atomic E-state index is 6.36. The zero-order chi connectivity index (χ0) is 38.9. The van der Waals surface area contributed by atoms with Crippen LogP contribution in [-0.2, 0) is 0 Å². The van der Waals surface area contributed by atoms with Gasteiger partial charge in [0.2, 0.25) is 0 Å².